The number of carbonyl (C=O) groups excluding carboxylic acids is 1. The highest BCUT2D eigenvalue weighted by Crippen LogP contribution is 2.29. The zero-order valence-electron chi connectivity index (χ0n) is 19.3. The molecule has 0 atom stereocenters. The molecule has 0 bridgehead atoms. The van der Waals surface area contributed by atoms with Gasteiger partial charge in [0.25, 0.3) is 11.5 Å². The normalized spacial score (nSPS) is 11.8. The van der Waals surface area contributed by atoms with Gasteiger partial charge in [0, 0.05) is 5.69 Å². The molecule has 2 N–H and O–H groups in total. The largest absolute Gasteiger partial charge is 0.321 e. The lowest BCUT2D eigenvalue weighted by Gasteiger charge is -2.19. The molecule has 1 aromatic carbocycles. The molecule has 1 amide bonds. The number of tetrazole rings is 1. The van der Waals surface area contributed by atoms with E-state index in [2.05, 4.69) is 30.8 Å². The highest BCUT2D eigenvalue weighted by molar-refractivity contribution is 7.98. The molecule has 3 heterocycles. The van der Waals surface area contributed by atoms with Crippen LogP contribution in [0.1, 0.15) is 53.0 Å². The van der Waals surface area contributed by atoms with Crippen LogP contribution in [0.5, 0.6) is 0 Å². The van der Waals surface area contributed by atoms with Crippen LogP contribution in [-0.2, 0) is 11.3 Å². The number of nitrogens with one attached hydrogen (secondary N) is 2. The molecule has 33 heavy (non-hydrogen) atoms. The first-order valence-corrected chi connectivity index (χ1v) is 12.2. The smallest absolute Gasteiger partial charge is 0.266 e. The fraction of sp³-hybridized carbons (Fsp3) is 0.364. The third-order valence-corrected chi connectivity index (χ3v) is 7.22. The third-order valence-electron chi connectivity index (χ3n) is 5.10. The van der Waals surface area contributed by atoms with Gasteiger partial charge in [-0.05, 0) is 69.2 Å². The van der Waals surface area contributed by atoms with E-state index in [1.54, 1.807) is 11.6 Å². The second kappa shape index (κ2) is 8.71. The Kier molecular flexibility index (Phi) is 6.10. The Morgan fingerprint density at radius 2 is 2.00 bits per heavy atom. The fourth-order valence-corrected chi connectivity index (χ4v) is 5.45. The zero-order valence-corrected chi connectivity index (χ0v) is 20.9. The van der Waals surface area contributed by atoms with Gasteiger partial charge in [0.05, 0.1) is 21.6 Å². The molecule has 9 nitrogen and oxygen atoms in total. The van der Waals surface area contributed by atoms with Crippen LogP contribution in [0, 0.1) is 20.8 Å². The van der Waals surface area contributed by atoms with Gasteiger partial charge in [0.2, 0.25) is 5.16 Å². The minimum Gasteiger partial charge on any atom is -0.321 e. The molecule has 0 aliphatic rings. The zero-order chi connectivity index (χ0) is 23.9. The number of thioether (sulfide) groups is 1. The third kappa shape index (κ3) is 4.69. The van der Waals surface area contributed by atoms with Gasteiger partial charge < -0.3 is 10.3 Å². The average molecular weight is 484 g/mol. The number of H-pyrrole nitrogens is 1. The van der Waals surface area contributed by atoms with E-state index in [4.69, 9.17) is 0 Å². The van der Waals surface area contributed by atoms with Crippen molar-refractivity contribution in [2.24, 2.45) is 0 Å². The maximum atomic E-state index is 13.0. The van der Waals surface area contributed by atoms with Crippen LogP contribution in [0.3, 0.4) is 0 Å². The molecule has 3 aromatic heterocycles. The van der Waals surface area contributed by atoms with Crippen molar-refractivity contribution in [1.29, 1.82) is 0 Å². The van der Waals surface area contributed by atoms with E-state index in [1.165, 1.54) is 23.1 Å². The van der Waals surface area contributed by atoms with Gasteiger partial charge in [0.15, 0.2) is 0 Å². The van der Waals surface area contributed by atoms with Crippen molar-refractivity contribution in [3.8, 4) is 0 Å². The summed E-state index contributed by atoms with van der Waals surface area (Å²) in [6.07, 6.45) is 0. The summed E-state index contributed by atoms with van der Waals surface area (Å²) in [6, 6.07) is 5.85. The number of nitrogens with zero attached hydrogens (tertiary/aromatic N) is 5. The number of anilines is 1. The average Bonchev–Trinajstić information content (AvgIpc) is 3.33. The predicted octanol–water partition coefficient (Wildman–Crippen LogP) is 4.20. The van der Waals surface area contributed by atoms with Gasteiger partial charge in [-0.1, -0.05) is 29.5 Å². The van der Waals surface area contributed by atoms with E-state index in [9.17, 15) is 9.59 Å². The summed E-state index contributed by atoms with van der Waals surface area (Å²) >= 11 is 2.61. The monoisotopic (exact) mass is 483 g/mol. The quantitative estimate of drug-likeness (QED) is 0.408. The van der Waals surface area contributed by atoms with E-state index in [0.717, 1.165) is 16.8 Å². The first-order chi connectivity index (χ1) is 15.5. The number of aromatic amines is 1. The highest BCUT2D eigenvalue weighted by atomic mass is 32.2. The highest BCUT2D eigenvalue weighted by Gasteiger charge is 2.22. The molecular weight excluding hydrogens is 458 g/mol. The summed E-state index contributed by atoms with van der Waals surface area (Å²) in [5.41, 5.74) is 2.96. The van der Waals surface area contributed by atoms with Crippen LogP contribution < -0.4 is 10.9 Å². The number of hydrogen-bond donors (Lipinski definition) is 2. The second-order valence-corrected chi connectivity index (χ2v) is 10.8. The van der Waals surface area contributed by atoms with Crippen molar-refractivity contribution in [2.75, 3.05) is 5.32 Å². The van der Waals surface area contributed by atoms with Crippen LogP contribution in [0.2, 0.25) is 0 Å². The maximum Gasteiger partial charge on any atom is 0.266 e. The maximum absolute atomic E-state index is 13.0. The first kappa shape index (κ1) is 23.1. The van der Waals surface area contributed by atoms with E-state index in [-0.39, 0.29) is 17.0 Å². The second-order valence-electron chi connectivity index (χ2n) is 8.85. The molecule has 0 saturated carbocycles. The Hall–Kier alpha value is -3.05. The Bertz CT molecular complexity index is 1410. The van der Waals surface area contributed by atoms with Crippen molar-refractivity contribution in [3.63, 3.8) is 0 Å². The Morgan fingerprint density at radius 1 is 1.24 bits per heavy atom. The van der Waals surface area contributed by atoms with Gasteiger partial charge in [-0.2, -0.15) is 0 Å². The van der Waals surface area contributed by atoms with Gasteiger partial charge in [-0.25, -0.2) is 9.67 Å². The fourth-order valence-electron chi connectivity index (χ4n) is 3.43. The predicted molar refractivity (Wildman–Crippen MR) is 131 cm³/mol. The number of fused-ring (bicyclic) bond motifs is 1. The number of aromatic nitrogens is 6. The summed E-state index contributed by atoms with van der Waals surface area (Å²) in [4.78, 5) is 34.3. The Balaban J connectivity index is 1.60. The van der Waals surface area contributed by atoms with E-state index >= 15 is 0 Å². The molecule has 0 aliphatic heterocycles. The molecule has 0 spiro atoms. The van der Waals surface area contributed by atoms with Crippen LogP contribution in [0.15, 0.2) is 28.2 Å². The summed E-state index contributed by atoms with van der Waals surface area (Å²) < 4.78 is 1.74. The molecule has 4 rings (SSSR count). The van der Waals surface area contributed by atoms with Crippen LogP contribution in [-0.4, -0.2) is 36.1 Å². The first-order valence-electron chi connectivity index (χ1n) is 10.4. The summed E-state index contributed by atoms with van der Waals surface area (Å²) in [6.45, 7) is 11.8. The molecule has 0 saturated heterocycles. The van der Waals surface area contributed by atoms with Gasteiger partial charge >= 0.3 is 0 Å². The number of carbonyl (C=O) groups is 1. The van der Waals surface area contributed by atoms with Gasteiger partial charge in [-0.3, -0.25) is 9.59 Å². The summed E-state index contributed by atoms with van der Waals surface area (Å²) in [5.74, 6) is 0.647. The lowest BCUT2D eigenvalue weighted by atomic mass is 10.1. The molecule has 0 unspecified atom stereocenters. The van der Waals surface area contributed by atoms with E-state index in [1.807, 2.05) is 52.8 Å². The SMILES string of the molecule is Cc1ccc(NC(=O)c2sc3nc(CSc4nnnn4C(C)(C)C)[nH]c(=O)c3c2C)c(C)c1. The number of benzene rings is 1. The standard InChI is InChI=1S/C22H25N7O2S2/c1-11-7-8-14(12(2)9-11)23-19(31)17-13(3)16-18(30)24-15(25-20(16)33-17)10-32-21-26-27-28-29(21)22(4,5)6/h7-9H,10H2,1-6H3,(H,23,31)(H,24,25,30). The molecule has 172 valence electrons. The minimum atomic E-state index is -0.264. The molecule has 11 heteroatoms. The lowest BCUT2D eigenvalue weighted by Crippen LogP contribution is -2.24. The van der Waals surface area contributed by atoms with Crippen molar-refractivity contribution in [3.05, 3.63) is 55.9 Å². The number of aryl methyl sites for hydroxylation is 3. The van der Waals surface area contributed by atoms with Crippen LogP contribution >= 0.6 is 23.1 Å². The minimum absolute atomic E-state index is 0.248. The van der Waals surface area contributed by atoms with Crippen molar-refractivity contribution < 1.29 is 4.79 Å². The summed E-state index contributed by atoms with van der Waals surface area (Å²) in [7, 11) is 0. The number of hydrogen-bond acceptors (Lipinski definition) is 8. The number of thiophene rings is 1. The number of rotatable bonds is 5. The topological polar surface area (TPSA) is 118 Å². The molecule has 0 radical (unpaired) electrons. The van der Waals surface area contributed by atoms with E-state index in [0.29, 0.717) is 37.4 Å². The number of amides is 1. The van der Waals surface area contributed by atoms with Crippen LogP contribution in [0.25, 0.3) is 10.2 Å². The van der Waals surface area contributed by atoms with Crippen molar-refractivity contribution in [2.45, 2.75) is 58.0 Å². The summed E-state index contributed by atoms with van der Waals surface area (Å²) in [5, 5.41) is 15.9. The van der Waals surface area contributed by atoms with Gasteiger partial charge in [-0.15, -0.1) is 16.4 Å². The Morgan fingerprint density at radius 3 is 2.70 bits per heavy atom. The van der Waals surface area contributed by atoms with E-state index < -0.39 is 0 Å². The Labute approximate surface area is 199 Å². The lowest BCUT2D eigenvalue weighted by molar-refractivity contribution is 0.103. The van der Waals surface area contributed by atoms with Gasteiger partial charge in [0.1, 0.15) is 10.7 Å². The molecule has 0 fully saturated rings. The molecule has 0 aliphatic carbocycles. The van der Waals surface area contributed by atoms with Crippen LogP contribution in [0.4, 0.5) is 5.69 Å². The van der Waals surface area contributed by atoms with Crippen molar-refractivity contribution >= 4 is 44.9 Å². The van der Waals surface area contributed by atoms with Crippen molar-refractivity contribution in [1.82, 2.24) is 30.2 Å². The molecule has 4 aromatic rings. The molecular formula is C22H25N7O2S2.